The van der Waals surface area contributed by atoms with E-state index < -0.39 is 27.5 Å². The molecule has 1 saturated carbocycles. The second kappa shape index (κ2) is 11.6. The Morgan fingerprint density at radius 3 is 2.45 bits per heavy atom. The topological polar surface area (TPSA) is 104 Å². The molecule has 1 aromatic heterocycles. The quantitative estimate of drug-likeness (QED) is 0.255. The fourth-order valence-electron chi connectivity index (χ4n) is 5.23. The summed E-state index contributed by atoms with van der Waals surface area (Å²) in [5, 5.41) is 3.82. The van der Waals surface area contributed by atoms with Crippen molar-refractivity contribution in [1.29, 1.82) is 0 Å². The maximum atomic E-state index is 12.9. The number of fused-ring (bicyclic) bond motifs is 1. The van der Waals surface area contributed by atoms with Gasteiger partial charge in [0.05, 0.1) is 12.0 Å². The average molecular weight is 561 g/mol. The minimum Gasteiger partial charge on any atom is -0.496 e. The summed E-state index contributed by atoms with van der Waals surface area (Å²) in [6.45, 7) is 0. The number of amides is 1. The molecule has 0 spiro atoms. The van der Waals surface area contributed by atoms with Crippen LogP contribution in [0.3, 0.4) is 0 Å². The van der Waals surface area contributed by atoms with E-state index in [4.69, 9.17) is 9.47 Å². The number of rotatable bonds is 9. The maximum Gasteiger partial charge on any atom is 0.411 e. The molecule has 1 aliphatic rings. The molecule has 0 atom stereocenters. The van der Waals surface area contributed by atoms with Gasteiger partial charge in [-0.2, -0.15) is 0 Å². The van der Waals surface area contributed by atoms with Crippen LogP contribution in [0.4, 0.5) is 10.5 Å². The van der Waals surface area contributed by atoms with E-state index in [1.807, 2.05) is 36.0 Å². The molecule has 1 aliphatic carbocycles. The van der Waals surface area contributed by atoms with Crippen LogP contribution in [0.5, 0.6) is 5.75 Å². The van der Waals surface area contributed by atoms with E-state index in [-0.39, 0.29) is 16.6 Å². The SMILES string of the molecule is COc1cc(C(=O)CS(=O)(=O)c2ccccc2)ccc1Cc1cn(C)c2ccc(NC(=O)OC3CCCC3)cc12. The zero-order chi connectivity index (χ0) is 28.3. The molecular formula is C31H32N2O6S. The number of carbonyl (C=O) groups excluding carboxylic acids is 2. The van der Waals surface area contributed by atoms with E-state index in [0.29, 0.717) is 17.9 Å². The van der Waals surface area contributed by atoms with Crippen LogP contribution in [0.2, 0.25) is 0 Å². The zero-order valence-corrected chi connectivity index (χ0v) is 23.4. The van der Waals surface area contributed by atoms with Gasteiger partial charge in [0.15, 0.2) is 15.6 Å². The van der Waals surface area contributed by atoms with Gasteiger partial charge < -0.3 is 14.0 Å². The van der Waals surface area contributed by atoms with Crippen LogP contribution in [0.15, 0.2) is 77.8 Å². The fraction of sp³-hybridized carbons (Fsp3) is 0.290. The number of hydrogen-bond acceptors (Lipinski definition) is 6. The lowest BCUT2D eigenvalue weighted by Gasteiger charge is -2.13. The third-order valence-electron chi connectivity index (χ3n) is 7.31. The highest BCUT2D eigenvalue weighted by molar-refractivity contribution is 7.92. The summed E-state index contributed by atoms with van der Waals surface area (Å²) in [5.41, 5.74) is 3.77. The lowest BCUT2D eigenvalue weighted by Crippen LogP contribution is -2.20. The molecule has 8 nitrogen and oxygen atoms in total. The largest absolute Gasteiger partial charge is 0.496 e. The van der Waals surface area contributed by atoms with Crippen molar-refractivity contribution < 1.29 is 27.5 Å². The lowest BCUT2D eigenvalue weighted by molar-refractivity contribution is 0.102. The minimum absolute atomic E-state index is 0.0169. The van der Waals surface area contributed by atoms with Crippen molar-refractivity contribution in [1.82, 2.24) is 4.57 Å². The Kier molecular flexibility index (Phi) is 7.93. The van der Waals surface area contributed by atoms with Crippen molar-refractivity contribution in [3.63, 3.8) is 0 Å². The monoisotopic (exact) mass is 560 g/mol. The first-order chi connectivity index (χ1) is 19.2. The number of aromatic nitrogens is 1. The average Bonchev–Trinajstić information content (AvgIpc) is 3.56. The number of aryl methyl sites for hydroxylation is 1. The number of nitrogens with zero attached hydrogens (tertiary/aromatic N) is 1. The maximum absolute atomic E-state index is 12.9. The summed E-state index contributed by atoms with van der Waals surface area (Å²) in [7, 11) is -0.279. The Labute approximate surface area is 233 Å². The molecule has 0 unspecified atom stereocenters. The van der Waals surface area contributed by atoms with E-state index in [0.717, 1.165) is 47.7 Å². The molecule has 3 aromatic carbocycles. The Bertz CT molecular complexity index is 1650. The first-order valence-electron chi connectivity index (χ1n) is 13.3. The van der Waals surface area contributed by atoms with Crippen molar-refractivity contribution in [3.05, 3.63) is 89.6 Å². The van der Waals surface area contributed by atoms with Gasteiger partial charge in [-0.25, -0.2) is 13.2 Å². The second-order valence-electron chi connectivity index (χ2n) is 10.1. The van der Waals surface area contributed by atoms with Crippen molar-refractivity contribution in [2.24, 2.45) is 7.05 Å². The van der Waals surface area contributed by atoms with Gasteiger partial charge >= 0.3 is 6.09 Å². The molecule has 1 amide bonds. The summed E-state index contributed by atoms with van der Waals surface area (Å²) >= 11 is 0. The highest BCUT2D eigenvalue weighted by Crippen LogP contribution is 2.30. The molecule has 5 rings (SSSR count). The minimum atomic E-state index is -3.76. The standard InChI is InChI=1S/C31H32N2O6S/c1-33-19-23(27-18-24(14-15-28(27)33)32-31(35)39-25-8-6-7-9-25)16-22-13-12-21(17-30(22)38-2)29(34)20-40(36,37)26-10-4-3-5-11-26/h3-5,10-15,17-19,25H,6-9,16,20H2,1-2H3,(H,32,35). The molecule has 40 heavy (non-hydrogen) atoms. The highest BCUT2D eigenvalue weighted by atomic mass is 32.2. The fourth-order valence-corrected chi connectivity index (χ4v) is 6.48. The molecule has 0 bridgehead atoms. The van der Waals surface area contributed by atoms with E-state index >= 15 is 0 Å². The van der Waals surface area contributed by atoms with Crippen LogP contribution in [-0.4, -0.2) is 43.8 Å². The Morgan fingerprint density at radius 1 is 0.975 bits per heavy atom. The Morgan fingerprint density at radius 2 is 1.73 bits per heavy atom. The number of carbonyl (C=O) groups is 2. The first kappa shape index (κ1) is 27.5. The second-order valence-corrected chi connectivity index (χ2v) is 12.1. The number of benzene rings is 3. The number of sulfone groups is 1. The Balaban J connectivity index is 1.35. The predicted molar refractivity (Wildman–Crippen MR) is 154 cm³/mol. The van der Waals surface area contributed by atoms with Crippen LogP contribution in [0.25, 0.3) is 10.9 Å². The predicted octanol–water partition coefficient (Wildman–Crippen LogP) is 5.93. The van der Waals surface area contributed by atoms with E-state index in [2.05, 4.69) is 5.32 Å². The number of anilines is 1. The van der Waals surface area contributed by atoms with Crippen LogP contribution >= 0.6 is 0 Å². The molecular weight excluding hydrogens is 528 g/mol. The lowest BCUT2D eigenvalue weighted by atomic mass is 10.0. The van der Waals surface area contributed by atoms with Crippen LogP contribution < -0.4 is 10.1 Å². The normalized spacial score (nSPS) is 13.8. The van der Waals surface area contributed by atoms with Gasteiger partial charge in [-0.15, -0.1) is 0 Å². The van der Waals surface area contributed by atoms with Gasteiger partial charge in [0.2, 0.25) is 0 Å². The van der Waals surface area contributed by atoms with Gasteiger partial charge in [-0.1, -0.05) is 30.3 Å². The molecule has 9 heteroatoms. The van der Waals surface area contributed by atoms with Crippen molar-refractivity contribution >= 4 is 38.3 Å². The number of ketones is 1. The third kappa shape index (κ3) is 6.04. The smallest absolute Gasteiger partial charge is 0.411 e. The van der Waals surface area contributed by atoms with Crippen molar-refractivity contribution in [3.8, 4) is 5.75 Å². The molecule has 0 aliphatic heterocycles. The summed E-state index contributed by atoms with van der Waals surface area (Å²) < 4.78 is 38.5. The van der Waals surface area contributed by atoms with E-state index in [1.165, 1.54) is 19.2 Å². The van der Waals surface area contributed by atoms with Gasteiger partial charge in [0, 0.05) is 41.8 Å². The Hall–Kier alpha value is -4.11. The molecule has 1 heterocycles. The molecule has 0 saturated heterocycles. The summed E-state index contributed by atoms with van der Waals surface area (Å²) in [6, 6.07) is 18.7. The number of nitrogens with one attached hydrogen (secondary N) is 1. The van der Waals surface area contributed by atoms with Crippen LogP contribution in [0, 0.1) is 0 Å². The molecule has 4 aromatic rings. The summed E-state index contributed by atoms with van der Waals surface area (Å²) in [6.07, 6.45) is 6.06. The van der Waals surface area contributed by atoms with E-state index in [9.17, 15) is 18.0 Å². The van der Waals surface area contributed by atoms with Gasteiger partial charge in [-0.3, -0.25) is 10.1 Å². The number of Topliss-reactive ketones (excluding diaryl/α,β-unsaturated/α-hetero) is 1. The zero-order valence-electron chi connectivity index (χ0n) is 22.6. The van der Waals surface area contributed by atoms with Gasteiger partial charge in [-0.05, 0) is 73.2 Å². The van der Waals surface area contributed by atoms with E-state index in [1.54, 1.807) is 36.4 Å². The number of ether oxygens (including phenoxy) is 2. The van der Waals surface area contributed by atoms with Gasteiger partial charge in [0.25, 0.3) is 0 Å². The summed E-state index contributed by atoms with van der Waals surface area (Å²) in [5.74, 6) is -0.629. The molecule has 0 radical (unpaired) electrons. The number of methoxy groups -OCH3 is 1. The summed E-state index contributed by atoms with van der Waals surface area (Å²) in [4.78, 5) is 25.4. The highest BCUT2D eigenvalue weighted by Gasteiger charge is 2.22. The molecule has 1 fully saturated rings. The molecule has 1 N–H and O–H groups in total. The van der Waals surface area contributed by atoms with Crippen molar-refractivity contribution in [2.75, 3.05) is 18.2 Å². The third-order valence-corrected chi connectivity index (χ3v) is 8.94. The number of hydrogen-bond donors (Lipinski definition) is 1. The van der Waals surface area contributed by atoms with Crippen LogP contribution in [0.1, 0.15) is 47.2 Å². The first-order valence-corrected chi connectivity index (χ1v) is 14.9. The van der Waals surface area contributed by atoms with Gasteiger partial charge in [0.1, 0.15) is 17.6 Å². The molecule has 208 valence electrons. The van der Waals surface area contributed by atoms with Crippen molar-refractivity contribution in [2.45, 2.75) is 43.1 Å². The van der Waals surface area contributed by atoms with Crippen LogP contribution in [-0.2, 0) is 28.0 Å².